The fraction of sp³-hybridized carbons (Fsp3) is 0.476. The molecule has 0 aromatic heterocycles. The van der Waals surface area contributed by atoms with Gasteiger partial charge in [-0.1, -0.05) is 55.3 Å². The van der Waals surface area contributed by atoms with E-state index in [9.17, 15) is 4.79 Å². The van der Waals surface area contributed by atoms with Gasteiger partial charge >= 0.3 is 0 Å². The quantitative estimate of drug-likeness (QED) is 0.937. The number of rotatable bonds is 3. The summed E-state index contributed by atoms with van der Waals surface area (Å²) < 4.78 is 0. The van der Waals surface area contributed by atoms with Gasteiger partial charge in [0.1, 0.15) is 0 Å². The van der Waals surface area contributed by atoms with Gasteiger partial charge in [-0.2, -0.15) is 0 Å². The van der Waals surface area contributed by atoms with Crippen molar-refractivity contribution in [3.8, 4) is 0 Å². The number of carbonyl (C=O) groups is 1. The van der Waals surface area contributed by atoms with Crippen LogP contribution in [0.15, 0.2) is 42.5 Å². The Balaban J connectivity index is 1.40. The van der Waals surface area contributed by atoms with Crippen molar-refractivity contribution in [1.82, 2.24) is 9.80 Å². The van der Waals surface area contributed by atoms with Gasteiger partial charge in [-0.3, -0.25) is 9.69 Å². The molecule has 4 heteroatoms. The van der Waals surface area contributed by atoms with Crippen LogP contribution in [-0.2, 0) is 11.3 Å². The lowest BCUT2D eigenvalue weighted by atomic mass is 9.96. The number of amides is 1. The fourth-order valence-corrected chi connectivity index (χ4v) is 4.32. The molecular weight excluding hydrogens is 310 g/mol. The molecular formula is C21H27N3O. The van der Waals surface area contributed by atoms with E-state index in [1.54, 1.807) is 0 Å². The Morgan fingerprint density at radius 2 is 1.64 bits per heavy atom. The summed E-state index contributed by atoms with van der Waals surface area (Å²) in [6.45, 7) is 4.37. The van der Waals surface area contributed by atoms with Crippen molar-refractivity contribution in [2.75, 3.05) is 26.2 Å². The SMILES string of the molecule is NC1(C(=O)N2CCN(Cc3cccc4ccccc34)CC2)CCCC1. The highest BCUT2D eigenvalue weighted by molar-refractivity contribution is 5.87. The number of nitrogens with two attached hydrogens (primary N) is 1. The summed E-state index contributed by atoms with van der Waals surface area (Å²) in [5.41, 5.74) is 7.13. The summed E-state index contributed by atoms with van der Waals surface area (Å²) >= 11 is 0. The van der Waals surface area contributed by atoms with E-state index in [0.717, 1.165) is 58.4 Å². The standard InChI is InChI=1S/C21H27N3O/c22-21(10-3-4-11-21)20(25)24-14-12-23(13-15-24)16-18-8-5-7-17-6-1-2-9-19(17)18/h1-2,5-9H,3-4,10-16,22H2. The van der Waals surface area contributed by atoms with Crippen LogP contribution in [0.1, 0.15) is 31.2 Å². The number of piperazine rings is 1. The van der Waals surface area contributed by atoms with E-state index in [2.05, 4.69) is 47.4 Å². The van der Waals surface area contributed by atoms with Gasteiger partial charge in [-0.05, 0) is 29.2 Å². The topological polar surface area (TPSA) is 49.6 Å². The molecule has 0 unspecified atom stereocenters. The highest BCUT2D eigenvalue weighted by Gasteiger charge is 2.40. The Labute approximate surface area is 149 Å². The predicted molar refractivity (Wildman–Crippen MR) is 101 cm³/mol. The molecule has 0 bridgehead atoms. The molecule has 2 aliphatic rings. The minimum Gasteiger partial charge on any atom is -0.339 e. The Morgan fingerprint density at radius 1 is 0.960 bits per heavy atom. The van der Waals surface area contributed by atoms with Crippen molar-refractivity contribution in [3.05, 3.63) is 48.0 Å². The molecule has 4 rings (SSSR count). The molecule has 132 valence electrons. The smallest absolute Gasteiger partial charge is 0.242 e. The van der Waals surface area contributed by atoms with Gasteiger partial charge in [0.05, 0.1) is 5.54 Å². The Morgan fingerprint density at radius 3 is 2.40 bits per heavy atom. The zero-order valence-electron chi connectivity index (χ0n) is 14.8. The molecule has 2 N–H and O–H groups in total. The fourth-order valence-electron chi connectivity index (χ4n) is 4.32. The van der Waals surface area contributed by atoms with E-state index in [1.807, 2.05) is 4.90 Å². The zero-order chi connectivity index (χ0) is 17.3. The van der Waals surface area contributed by atoms with E-state index in [4.69, 9.17) is 5.73 Å². The summed E-state index contributed by atoms with van der Waals surface area (Å²) in [4.78, 5) is 17.2. The highest BCUT2D eigenvalue weighted by atomic mass is 16.2. The minimum atomic E-state index is -0.586. The average molecular weight is 337 g/mol. The van der Waals surface area contributed by atoms with Crippen molar-refractivity contribution in [2.45, 2.75) is 37.8 Å². The normalized spacial score (nSPS) is 20.9. The first kappa shape index (κ1) is 16.6. The largest absolute Gasteiger partial charge is 0.339 e. The van der Waals surface area contributed by atoms with Gasteiger partial charge in [0, 0.05) is 32.7 Å². The molecule has 4 nitrogen and oxygen atoms in total. The third-order valence-electron chi connectivity index (χ3n) is 5.86. The van der Waals surface area contributed by atoms with Crippen LogP contribution in [0.5, 0.6) is 0 Å². The van der Waals surface area contributed by atoms with Crippen LogP contribution in [-0.4, -0.2) is 47.4 Å². The number of nitrogens with zero attached hydrogens (tertiary/aromatic N) is 2. The lowest BCUT2D eigenvalue weighted by molar-refractivity contribution is -0.138. The minimum absolute atomic E-state index is 0.176. The van der Waals surface area contributed by atoms with Crippen molar-refractivity contribution >= 4 is 16.7 Å². The Kier molecular flexibility index (Phi) is 4.48. The first-order chi connectivity index (χ1) is 12.2. The number of hydrogen-bond acceptors (Lipinski definition) is 3. The summed E-state index contributed by atoms with van der Waals surface area (Å²) in [6, 6.07) is 15.1. The second kappa shape index (κ2) is 6.77. The van der Waals surface area contributed by atoms with Crippen molar-refractivity contribution in [2.24, 2.45) is 5.73 Å². The van der Waals surface area contributed by atoms with Gasteiger partial charge in [0.15, 0.2) is 0 Å². The molecule has 1 amide bonds. The van der Waals surface area contributed by atoms with Crippen LogP contribution in [0, 0.1) is 0 Å². The second-order valence-corrected chi connectivity index (χ2v) is 7.57. The molecule has 0 atom stereocenters. The molecule has 2 aromatic carbocycles. The van der Waals surface area contributed by atoms with E-state index in [0.29, 0.717) is 0 Å². The number of benzene rings is 2. The van der Waals surface area contributed by atoms with Crippen molar-refractivity contribution in [3.63, 3.8) is 0 Å². The van der Waals surface area contributed by atoms with Gasteiger partial charge in [0.2, 0.25) is 5.91 Å². The Hall–Kier alpha value is -1.91. The van der Waals surface area contributed by atoms with Crippen LogP contribution < -0.4 is 5.73 Å². The lowest BCUT2D eigenvalue weighted by Gasteiger charge is -2.38. The highest BCUT2D eigenvalue weighted by Crippen LogP contribution is 2.29. The summed E-state index contributed by atoms with van der Waals surface area (Å²) in [5.74, 6) is 0.176. The Bertz CT molecular complexity index is 753. The number of fused-ring (bicyclic) bond motifs is 1. The first-order valence-electron chi connectivity index (χ1n) is 9.43. The van der Waals surface area contributed by atoms with Gasteiger partial charge < -0.3 is 10.6 Å². The third kappa shape index (κ3) is 3.29. The predicted octanol–water partition coefficient (Wildman–Crippen LogP) is 2.76. The summed E-state index contributed by atoms with van der Waals surface area (Å²) in [5, 5.41) is 2.62. The van der Waals surface area contributed by atoms with Crippen molar-refractivity contribution < 1.29 is 4.79 Å². The maximum absolute atomic E-state index is 12.7. The molecule has 1 saturated heterocycles. The third-order valence-corrected chi connectivity index (χ3v) is 5.86. The van der Waals surface area contributed by atoms with Gasteiger partial charge in [-0.15, -0.1) is 0 Å². The molecule has 2 aromatic rings. The number of carbonyl (C=O) groups excluding carboxylic acids is 1. The molecule has 25 heavy (non-hydrogen) atoms. The molecule has 1 heterocycles. The van der Waals surface area contributed by atoms with E-state index < -0.39 is 5.54 Å². The second-order valence-electron chi connectivity index (χ2n) is 7.57. The molecule has 1 aliphatic heterocycles. The van der Waals surface area contributed by atoms with Crippen LogP contribution in [0.4, 0.5) is 0 Å². The van der Waals surface area contributed by atoms with Crippen LogP contribution in [0.25, 0.3) is 10.8 Å². The summed E-state index contributed by atoms with van der Waals surface area (Å²) in [6.07, 6.45) is 3.87. The maximum atomic E-state index is 12.7. The van der Waals surface area contributed by atoms with Crippen LogP contribution >= 0.6 is 0 Å². The molecule has 1 saturated carbocycles. The lowest BCUT2D eigenvalue weighted by Crippen LogP contribution is -2.58. The van der Waals surface area contributed by atoms with E-state index in [1.165, 1.54) is 16.3 Å². The summed E-state index contributed by atoms with van der Waals surface area (Å²) in [7, 11) is 0. The van der Waals surface area contributed by atoms with Gasteiger partial charge in [0.25, 0.3) is 0 Å². The van der Waals surface area contributed by atoms with E-state index >= 15 is 0 Å². The maximum Gasteiger partial charge on any atom is 0.242 e. The van der Waals surface area contributed by atoms with Crippen molar-refractivity contribution in [1.29, 1.82) is 0 Å². The molecule has 2 fully saturated rings. The molecule has 1 aliphatic carbocycles. The van der Waals surface area contributed by atoms with Crippen LogP contribution in [0.3, 0.4) is 0 Å². The van der Waals surface area contributed by atoms with E-state index in [-0.39, 0.29) is 5.91 Å². The monoisotopic (exact) mass is 337 g/mol. The molecule has 0 radical (unpaired) electrons. The number of hydrogen-bond donors (Lipinski definition) is 1. The van der Waals surface area contributed by atoms with Crippen LogP contribution in [0.2, 0.25) is 0 Å². The first-order valence-corrected chi connectivity index (χ1v) is 9.43. The molecule has 0 spiro atoms. The van der Waals surface area contributed by atoms with Gasteiger partial charge in [-0.25, -0.2) is 0 Å². The average Bonchev–Trinajstić information content (AvgIpc) is 3.10. The zero-order valence-corrected chi connectivity index (χ0v) is 14.8.